The van der Waals surface area contributed by atoms with E-state index in [0.29, 0.717) is 5.04 Å². The fraction of sp³-hybridized carbons (Fsp3) is 0.652. The summed E-state index contributed by atoms with van der Waals surface area (Å²) in [5.74, 6) is 2.29. The van der Waals surface area contributed by atoms with E-state index in [1.54, 1.807) is 0 Å². The van der Waals surface area contributed by atoms with Gasteiger partial charge in [0.05, 0.1) is 13.8 Å². The van der Waals surface area contributed by atoms with Crippen molar-refractivity contribution >= 4 is 8.07 Å². The van der Waals surface area contributed by atoms with E-state index in [2.05, 4.69) is 93.2 Å². The Morgan fingerprint density at radius 3 is 2.08 bits per heavy atom. The summed E-state index contributed by atoms with van der Waals surface area (Å²) >= 11 is 0. The van der Waals surface area contributed by atoms with Gasteiger partial charge < -0.3 is 4.74 Å². The standard InChI is InChI=1S/C23H38OSi/c1-16-12-18(21(2,3)4)20-19(13-16)23(8,9)14-17(24-20)15-25(10,11)22(5,6)7/h12-13,15H,14H2,1-11H3/b17-15+. The quantitative estimate of drug-likeness (QED) is 0.479. The van der Waals surface area contributed by atoms with E-state index in [4.69, 9.17) is 4.74 Å². The number of ether oxygens (including phenoxy) is 1. The lowest BCUT2D eigenvalue weighted by Crippen LogP contribution is -2.37. The predicted octanol–water partition coefficient (Wildman–Crippen LogP) is 7.28. The van der Waals surface area contributed by atoms with Crippen molar-refractivity contribution in [1.82, 2.24) is 0 Å². The smallest absolute Gasteiger partial charge is 0.134 e. The molecule has 1 aromatic carbocycles. The summed E-state index contributed by atoms with van der Waals surface area (Å²) in [7, 11) is -1.54. The fourth-order valence-corrected chi connectivity index (χ4v) is 4.74. The molecule has 1 heterocycles. The molecule has 0 aliphatic carbocycles. The third-order valence-electron chi connectivity index (χ3n) is 6.07. The van der Waals surface area contributed by atoms with Crippen LogP contribution in [0.15, 0.2) is 23.6 Å². The predicted molar refractivity (Wildman–Crippen MR) is 113 cm³/mol. The number of aryl methyl sites for hydroxylation is 1. The molecule has 0 spiro atoms. The van der Waals surface area contributed by atoms with E-state index in [0.717, 1.165) is 12.2 Å². The SMILES string of the molecule is Cc1cc(C(C)(C)C)c2c(c1)C(C)(C)C/C(=C\[Si](C)(C)C(C)(C)C)O2. The fourth-order valence-electron chi connectivity index (χ4n) is 3.34. The van der Waals surface area contributed by atoms with Crippen LogP contribution in [0.4, 0.5) is 0 Å². The molecule has 0 atom stereocenters. The molecular formula is C23H38OSi. The van der Waals surface area contributed by atoms with Gasteiger partial charge >= 0.3 is 0 Å². The number of fused-ring (bicyclic) bond motifs is 1. The number of allylic oxidation sites excluding steroid dienone is 1. The second-order valence-corrected chi connectivity index (χ2v) is 16.4. The summed E-state index contributed by atoms with van der Waals surface area (Å²) in [6.07, 6.45) is 0.986. The number of hydrogen-bond donors (Lipinski definition) is 0. The molecule has 1 nitrogen and oxygen atoms in total. The van der Waals surface area contributed by atoms with Crippen LogP contribution in [-0.2, 0) is 10.8 Å². The summed E-state index contributed by atoms with van der Waals surface area (Å²) in [4.78, 5) is 0. The van der Waals surface area contributed by atoms with Crippen LogP contribution in [0.1, 0.15) is 78.5 Å². The van der Waals surface area contributed by atoms with Gasteiger partial charge in [0, 0.05) is 23.0 Å². The number of rotatable bonds is 1. The molecule has 25 heavy (non-hydrogen) atoms. The van der Waals surface area contributed by atoms with Crippen molar-refractivity contribution in [1.29, 1.82) is 0 Å². The van der Waals surface area contributed by atoms with Crippen LogP contribution >= 0.6 is 0 Å². The maximum atomic E-state index is 6.61. The van der Waals surface area contributed by atoms with Crippen molar-refractivity contribution < 1.29 is 4.74 Å². The Bertz CT molecular complexity index is 677. The molecule has 0 fully saturated rings. The largest absolute Gasteiger partial charge is 0.462 e. The van der Waals surface area contributed by atoms with E-state index in [-0.39, 0.29) is 10.8 Å². The van der Waals surface area contributed by atoms with Gasteiger partial charge in [-0.2, -0.15) is 0 Å². The Morgan fingerprint density at radius 1 is 1.04 bits per heavy atom. The molecule has 140 valence electrons. The molecule has 0 unspecified atom stereocenters. The molecular weight excluding hydrogens is 320 g/mol. The zero-order chi connectivity index (χ0) is 19.4. The van der Waals surface area contributed by atoms with Crippen molar-refractivity contribution in [2.45, 2.75) is 97.7 Å². The highest BCUT2D eigenvalue weighted by molar-refractivity contribution is 6.84. The Kier molecular flexibility index (Phi) is 4.88. The molecule has 0 radical (unpaired) electrons. The third kappa shape index (κ3) is 4.05. The molecule has 0 saturated heterocycles. The monoisotopic (exact) mass is 358 g/mol. The molecule has 0 saturated carbocycles. The van der Waals surface area contributed by atoms with E-state index < -0.39 is 8.07 Å². The lowest BCUT2D eigenvalue weighted by atomic mass is 9.74. The minimum atomic E-state index is -1.54. The van der Waals surface area contributed by atoms with Crippen molar-refractivity contribution in [3.05, 3.63) is 40.3 Å². The highest BCUT2D eigenvalue weighted by atomic mass is 28.3. The van der Waals surface area contributed by atoms with E-state index in [1.807, 2.05) is 0 Å². The summed E-state index contributed by atoms with van der Waals surface area (Å²) in [5, 5.41) is 0.327. The van der Waals surface area contributed by atoms with Crippen LogP contribution in [0.5, 0.6) is 5.75 Å². The van der Waals surface area contributed by atoms with Crippen LogP contribution in [0.25, 0.3) is 0 Å². The summed E-state index contributed by atoms with van der Waals surface area (Å²) in [6, 6.07) is 4.64. The lowest BCUT2D eigenvalue weighted by Gasteiger charge is -2.40. The van der Waals surface area contributed by atoms with E-state index in [9.17, 15) is 0 Å². The van der Waals surface area contributed by atoms with Gasteiger partial charge in [-0.25, -0.2) is 0 Å². The lowest BCUT2D eigenvalue weighted by molar-refractivity contribution is 0.304. The second kappa shape index (κ2) is 6.01. The maximum Gasteiger partial charge on any atom is 0.134 e. The normalized spacial score (nSPS) is 19.6. The highest BCUT2D eigenvalue weighted by Crippen LogP contribution is 2.48. The van der Waals surface area contributed by atoms with Gasteiger partial charge in [0.25, 0.3) is 0 Å². The van der Waals surface area contributed by atoms with Crippen LogP contribution < -0.4 is 4.74 Å². The average Bonchev–Trinajstić information content (AvgIpc) is 2.35. The Morgan fingerprint density at radius 2 is 1.60 bits per heavy atom. The van der Waals surface area contributed by atoms with Crippen molar-refractivity contribution in [2.24, 2.45) is 0 Å². The van der Waals surface area contributed by atoms with Crippen LogP contribution in [-0.4, -0.2) is 8.07 Å². The summed E-state index contributed by atoms with van der Waals surface area (Å²) < 4.78 is 6.61. The Labute approximate surface area is 156 Å². The first-order chi connectivity index (χ1) is 11.0. The first kappa shape index (κ1) is 20.3. The minimum absolute atomic E-state index is 0.0750. The van der Waals surface area contributed by atoms with Gasteiger partial charge in [0.2, 0.25) is 0 Å². The maximum absolute atomic E-state index is 6.61. The number of hydrogen-bond acceptors (Lipinski definition) is 1. The van der Waals surface area contributed by atoms with Crippen LogP contribution in [0, 0.1) is 6.92 Å². The van der Waals surface area contributed by atoms with Crippen molar-refractivity contribution in [3.8, 4) is 5.75 Å². The van der Waals surface area contributed by atoms with Crippen LogP contribution in [0.2, 0.25) is 18.1 Å². The zero-order valence-corrected chi connectivity index (χ0v) is 19.3. The van der Waals surface area contributed by atoms with Crippen LogP contribution in [0.3, 0.4) is 0 Å². The van der Waals surface area contributed by atoms with Gasteiger partial charge in [0.1, 0.15) is 5.75 Å². The highest BCUT2D eigenvalue weighted by Gasteiger charge is 2.39. The summed E-state index contributed by atoms with van der Waals surface area (Å²) in [6.45, 7) is 25.8. The molecule has 0 aromatic heterocycles. The third-order valence-corrected chi connectivity index (χ3v) is 11.0. The van der Waals surface area contributed by atoms with Crippen molar-refractivity contribution in [2.75, 3.05) is 0 Å². The Hall–Kier alpha value is -1.02. The topological polar surface area (TPSA) is 9.23 Å². The molecule has 2 heteroatoms. The molecule has 2 rings (SSSR count). The molecule has 0 N–H and O–H groups in total. The zero-order valence-electron chi connectivity index (χ0n) is 18.3. The second-order valence-electron chi connectivity index (χ2n) is 11.2. The molecule has 0 bridgehead atoms. The first-order valence-corrected chi connectivity index (χ1v) is 12.7. The van der Waals surface area contributed by atoms with Crippen molar-refractivity contribution in [3.63, 3.8) is 0 Å². The van der Waals surface area contributed by atoms with Gasteiger partial charge in [-0.3, -0.25) is 0 Å². The minimum Gasteiger partial charge on any atom is -0.462 e. The van der Waals surface area contributed by atoms with Gasteiger partial charge in [-0.15, -0.1) is 0 Å². The Balaban J connectivity index is 2.63. The van der Waals surface area contributed by atoms with Gasteiger partial charge in [0.15, 0.2) is 0 Å². The van der Waals surface area contributed by atoms with E-state index in [1.165, 1.54) is 22.4 Å². The van der Waals surface area contributed by atoms with Gasteiger partial charge in [-0.1, -0.05) is 91.9 Å². The first-order valence-electron chi connectivity index (χ1n) is 9.60. The number of benzene rings is 1. The molecule has 1 aromatic rings. The van der Waals surface area contributed by atoms with E-state index >= 15 is 0 Å². The summed E-state index contributed by atoms with van der Waals surface area (Å²) in [5.41, 5.74) is 6.71. The molecule has 0 amide bonds. The molecule has 1 aliphatic heterocycles. The average molecular weight is 359 g/mol. The molecule has 1 aliphatic rings. The van der Waals surface area contributed by atoms with Gasteiger partial charge in [-0.05, 0) is 17.4 Å².